The Balaban J connectivity index is 0.00000400. The smallest absolute Gasteiger partial charge is 0.251 e. The van der Waals surface area contributed by atoms with Crippen LogP contribution in [0.2, 0.25) is 0 Å². The topological polar surface area (TPSA) is 88.7 Å². The third-order valence-corrected chi connectivity index (χ3v) is 2.71. The fourth-order valence-electron chi connectivity index (χ4n) is 1.66. The van der Waals surface area contributed by atoms with Crippen molar-refractivity contribution in [1.29, 1.82) is 0 Å². The van der Waals surface area contributed by atoms with Crippen molar-refractivity contribution in [3.63, 3.8) is 0 Å². The Morgan fingerprint density at radius 1 is 1.43 bits per heavy atom. The number of nitrogens with two attached hydrogens (primary N) is 1. The zero-order chi connectivity index (χ0) is 14.8. The van der Waals surface area contributed by atoms with E-state index in [9.17, 15) is 4.79 Å². The minimum atomic E-state index is -0.0829. The molecule has 118 valence electrons. The third-order valence-electron chi connectivity index (χ3n) is 2.71. The number of aliphatic imine (C=N–C) groups is 1. The third kappa shape index (κ3) is 7.86. The molecular weight excluding hydrogens is 383 g/mol. The van der Waals surface area contributed by atoms with Crippen molar-refractivity contribution in [3.05, 3.63) is 35.4 Å². The molecule has 0 saturated carbocycles. The lowest BCUT2D eigenvalue weighted by atomic mass is 10.1. The SMILES string of the molecule is CNC(=O)c1cccc(CCNC(N)=NCCOC)c1.I. The number of carbonyl (C=O) groups is 1. The van der Waals surface area contributed by atoms with Gasteiger partial charge in [-0.05, 0) is 24.1 Å². The van der Waals surface area contributed by atoms with Crippen molar-refractivity contribution in [3.8, 4) is 0 Å². The Morgan fingerprint density at radius 2 is 2.19 bits per heavy atom. The van der Waals surface area contributed by atoms with Gasteiger partial charge < -0.3 is 21.1 Å². The van der Waals surface area contributed by atoms with Gasteiger partial charge in [-0.25, -0.2) is 0 Å². The fourth-order valence-corrected chi connectivity index (χ4v) is 1.66. The molecule has 0 atom stereocenters. The summed E-state index contributed by atoms with van der Waals surface area (Å²) in [6.07, 6.45) is 0.769. The highest BCUT2D eigenvalue weighted by Gasteiger charge is 2.03. The van der Waals surface area contributed by atoms with E-state index in [0.29, 0.717) is 31.2 Å². The van der Waals surface area contributed by atoms with Crippen molar-refractivity contribution in [2.24, 2.45) is 10.7 Å². The van der Waals surface area contributed by atoms with Gasteiger partial charge in [-0.3, -0.25) is 9.79 Å². The highest BCUT2D eigenvalue weighted by molar-refractivity contribution is 14.0. The van der Waals surface area contributed by atoms with Crippen molar-refractivity contribution in [1.82, 2.24) is 10.6 Å². The van der Waals surface area contributed by atoms with Crippen molar-refractivity contribution in [2.75, 3.05) is 33.9 Å². The van der Waals surface area contributed by atoms with Gasteiger partial charge in [-0.2, -0.15) is 0 Å². The van der Waals surface area contributed by atoms with Gasteiger partial charge in [0.05, 0.1) is 13.2 Å². The number of rotatable bonds is 7. The molecule has 0 aliphatic carbocycles. The van der Waals surface area contributed by atoms with Gasteiger partial charge in [-0.1, -0.05) is 12.1 Å². The van der Waals surface area contributed by atoms with Crippen molar-refractivity contribution < 1.29 is 9.53 Å². The summed E-state index contributed by atoms with van der Waals surface area (Å²) < 4.78 is 4.88. The van der Waals surface area contributed by atoms with Crippen molar-refractivity contribution in [2.45, 2.75) is 6.42 Å². The number of guanidine groups is 1. The van der Waals surface area contributed by atoms with Crippen LogP contribution in [0.15, 0.2) is 29.3 Å². The standard InChI is InChI=1S/C14H22N4O2.HI/c1-16-13(19)12-5-3-4-11(10-12)6-7-17-14(15)18-8-9-20-2;/h3-5,10H,6-9H2,1-2H3,(H,16,19)(H3,15,17,18);1H. The second-order valence-corrected chi connectivity index (χ2v) is 4.22. The number of amides is 1. The molecule has 1 aromatic carbocycles. The number of benzene rings is 1. The van der Waals surface area contributed by atoms with E-state index in [2.05, 4.69) is 15.6 Å². The van der Waals surface area contributed by atoms with E-state index < -0.39 is 0 Å². The monoisotopic (exact) mass is 406 g/mol. The quantitative estimate of drug-likeness (QED) is 0.270. The first kappa shape index (κ1) is 19.7. The normalized spacial score (nSPS) is 10.7. The van der Waals surface area contributed by atoms with Crippen LogP contribution in [-0.4, -0.2) is 45.7 Å². The molecule has 0 heterocycles. The number of hydrogen-bond acceptors (Lipinski definition) is 3. The summed E-state index contributed by atoms with van der Waals surface area (Å²) in [5, 5.41) is 5.63. The number of carbonyl (C=O) groups excluding carboxylic acids is 1. The Morgan fingerprint density at radius 3 is 2.86 bits per heavy atom. The number of hydrogen-bond donors (Lipinski definition) is 3. The summed E-state index contributed by atoms with van der Waals surface area (Å²) in [5.74, 6) is 0.324. The molecule has 1 amide bonds. The van der Waals surface area contributed by atoms with Gasteiger partial charge in [-0.15, -0.1) is 24.0 Å². The predicted molar refractivity (Wildman–Crippen MR) is 95.3 cm³/mol. The van der Waals surface area contributed by atoms with Gasteiger partial charge in [0.15, 0.2) is 5.96 Å². The van der Waals surface area contributed by atoms with Crippen LogP contribution in [-0.2, 0) is 11.2 Å². The average molecular weight is 406 g/mol. The molecule has 0 aliphatic rings. The lowest BCUT2D eigenvalue weighted by Gasteiger charge is -2.07. The number of methoxy groups -OCH3 is 1. The van der Waals surface area contributed by atoms with Crippen LogP contribution in [0.1, 0.15) is 15.9 Å². The van der Waals surface area contributed by atoms with Crippen LogP contribution in [0.5, 0.6) is 0 Å². The molecule has 0 spiro atoms. The Labute approximate surface area is 142 Å². The van der Waals surface area contributed by atoms with Gasteiger partial charge in [0.2, 0.25) is 0 Å². The van der Waals surface area contributed by atoms with E-state index in [1.54, 1.807) is 20.2 Å². The highest BCUT2D eigenvalue weighted by atomic mass is 127. The number of halogens is 1. The number of nitrogens with one attached hydrogen (secondary N) is 2. The molecular formula is C14H23IN4O2. The molecule has 1 rings (SSSR count). The molecule has 21 heavy (non-hydrogen) atoms. The molecule has 0 aromatic heterocycles. The first-order valence-corrected chi connectivity index (χ1v) is 6.51. The lowest BCUT2D eigenvalue weighted by Crippen LogP contribution is -2.33. The van der Waals surface area contributed by atoms with Crippen LogP contribution in [0.25, 0.3) is 0 Å². The summed E-state index contributed by atoms with van der Waals surface area (Å²) in [4.78, 5) is 15.6. The first-order chi connectivity index (χ1) is 9.67. The second-order valence-electron chi connectivity index (χ2n) is 4.22. The molecule has 0 saturated heterocycles. The lowest BCUT2D eigenvalue weighted by molar-refractivity contribution is 0.0963. The van der Waals surface area contributed by atoms with E-state index in [1.807, 2.05) is 18.2 Å². The largest absolute Gasteiger partial charge is 0.383 e. The molecule has 4 N–H and O–H groups in total. The molecule has 0 aliphatic heterocycles. The minimum absolute atomic E-state index is 0. The molecule has 7 heteroatoms. The second kappa shape index (κ2) is 11.3. The molecule has 0 bridgehead atoms. The number of nitrogens with zero attached hydrogens (tertiary/aromatic N) is 1. The van der Waals surface area contributed by atoms with E-state index in [4.69, 9.17) is 10.5 Å². The maximum Gasteiger partial charge on any atom is 0.251 e. The summed E-state index contributed by atoms with van der Waals surface area (Å²) in [6.45, 7) is 1.76. The van der Waals surface area contributed by atoms with E-state index in [0.717, 1.165) is 12.0 Å². The fraction of sp³-hybridized carbons (Fsp3) is 0.429. The Hall–Kier alpha value is -1.35. The summed E-state index contributed by atoms with van der Waals surface area (Å²) in [6, 6.07) is 7.51. The van der Waals surface area contributed by atoms with Crippen LogP contribution < -0.4 is 16.4 Å². The Bertz CT molecular complexity index is 466. The highest BCUT2D eigenvalue weighted by Crippen LogP contribution is 2.05. The van der Waals surface area contributed by atoms with Crippen LogP contribution >= 0.6 is 24.0 Å². The zero-order valence-electron chi connectivity index (χ0n) is 12.4. The van der Waals surface area contributed by atoms with Crippen molar-refractivity contribution >= 4 is 35.8 Å². The molecule has 0 unspecified atom stereocenters. The van der Waals surface area contributed by atoms with Crippen LogP contribution in [0.3, 0.4) is 0 Å². The maximum atomic E-state index is 11.5. The maximum absolute atomic E-state index is 11.5. The minimum Gasteiger partial charge on any atom is -0.383 e. The molecule has 6 nitrogen and oxygen atoms in total. The summed E-state index contributed by atoms with van der Waals surface area (Å²) in [7, 11) is 3.24. The summed E-state index contributed by atoms with van der Waals surface area (Å²) in [5.41, 5.74) is 7.43. The van der Waals surface area contributed by atoms with Gasteiger partial charge in [0, 0.05) is 26.3 Å². The van der Waals surface area contributed by atoms with Gasteiger partial charge >= 0.3 is 0 Å². The molecule has 0 radical (unpaired) electrons. The van der Waals surface area contributed by atoms with Crippen LogP contribution in [0, 0.1) is 0 Å². The average Bonchev–Trinajstić information content (AvgIpc) is 2.47. The Kier molecular flexibility index (Phi) is 10.6. The predicted octanol–water partition coefficient (Wildman–Crippen LogP) is 0.757. The van der Waals surface area contributed by atoms with Gasteiger partial charge in [0.25, 0.3) is 5.91 Å². The summed E-state index contributed by atoms with van der Waals surface area (Å²) >= 11 is 0. The molecule has 1 aromatic rings. The zero-order valence-corrected chi connectivity index (χ0v) is 14.7. The van der Waals surface area contributed by atoms with E-state index >= 15 is 0 Å². The van der Waals surface area contributed by atoms with Gasteiger partial charge in [0.1, 0.15) is 0 Å². The van der Waals surface area contributed by atoms with E-state index in [1.165, 1.54) is 0 Å². The molecule has 0 fully saturated rings. The van der Waals surface area contributed by atoms with E-state index in [-0.39, 0.29) is 29.9 Å². The number of ether oxygens (including phenoxy) is 1. The van der Waals surface area contributed by atoms with Crippen LogP contribution in [0.4, 0.5) is 0 Å². The first-order valence-electron chi connectivity index (χ1n) is 6.51.